The maximum absolute atomic E-state index is 10.9. The Morgan fingerprint density at radius 1 is 1.40 bits per heavy atom. The summed E-state index contributed by atoms with van der Waals surface area (Å²) in [6.07, 6.45) is 0.891. The van der Waals surface area contributed by atoms with Crippen LogP contribution in [0.25, 0.3) is 0 Å². The molecule has 15 heavy (non-hydrogen) atoms. The predicted molar refractivity (Wildman–Crippen MR) is 59.6 cm³/mol. The molecule has 0 aromatic carbocycles. The lowest BCUT2D eigenvalue weighted by atomic mass is 10.2. The van der Waals surface area contributed by atoms with Crippen LogP contribution in [0.3, 0.4) is 0 Å². The zero-order chi connectivity index (χ0) is 11.8. The first-order valence-electron chi connectivity index (χ1n) is 5.46. The number of hydrogen-bond donors (Lipinski definition) is 1. The number of ether oxygens (including phenoxy) is 1. The molecule has 0 aromatic rings. The Labute approximate surface area is 92.2 Å². The molecule has 0 heterocycles. The summed E-state index contributed by atoms with van der Waals surface area (Å²) < 4.78 is 4.57. The summed E-state index contributed by atoms with van der Waals surface area (Å²) in [5.74, 6) is -0.171. The fourth-order valence-corrected chi connectivity index (χ4v) is 1.43. The van der Waals surface area contributed by atoms with Gasteiger partial charge in [0.2, 0.25) is 0 Å². The molecule has 1 N–H and O–H groups in total. The minimum atomic E-state index is -0.328. The van der Waals surface area contributed by atoms with Gasteiger partial charge >= 0.3 is 5.97 Å². The van der Waals surface area contributed by atoms with Crippen LogP contribution in [-0.4, -0.2) is 48.3 Å². The van der Waals surface area contributed by atoms with E-state index in [1.165, 1.54) is 7.11 Å². The van der Waals surface area contributed by atoms with Gasteiger partial charge in [-0.25, -0.2) is 0 Å². The summed E-state index contributed by atoms with van der Waals surface area (Å²) in [6.45, 7) is 7.41. The van der Waals surface area contributed by atoms with Crippen LogP contribution in [0.15, 0.2) is 0 Å². The van der Waals surface area contributed by atoms with Crippen LogP contribution < -0.4 is 0 Å². The van der Waals surface area contributed by atoms with Crippen LogP contribution in [0.4, 0.5) is 0 Å². The molecule has 0 saturated carbocycles. The van der Waals surface area contributed by atoms with E-state index in [4.69, 9.17) is 0 Å². The summed E-state index contributed by atoms with van der Waals surface area (Å²) in [4.78, 5) is 13.1. The molecule has 0 aromatic heterocycles. The first kappa shape index (κ1) is 14.4. The van der Waals surface area contributed by atoms with E-state index in [0.29, 0.717) is 19.0 Å². The van der Waals surface area contributed by atoms with E-state index < -0.39 is 0 Å². The van der Waals surface area contributed by atoms with E-state index in [1.54, 1.807) is 6.92 Å². The third-order valence-corrected chi connectivity index (χ3v) is 2.28. The molecule has 0 aliphatic carbocycles. The predicted octanol–water partition coefficient (Wildman–Crippen LogP) is 1.03. The molecule has 4 heteroatoms. The standard InChI is InChI=1S/C11H23NO3/c1-9(2)12(8-10(3)13)7-5-6-11(14)15-4/h9-10,13H,5-8H2,1-4H3. The second-order valence-electron chi connectivity index (χ2n) is 4.12. The quantitative estimate of drug-likeness (QED) is 0.647. The summed E-state index contributed by atoms with van der Waals surface area (Å²) >= 11 is 0. The molecule has 1 unspecified atom stereocenters. The van der Waals surface area contributed by atoms with Gasteiger partial charge in [-0.2, -0.15) is 0 Å². The summed E-state index contributed by atoms with van der Waals surface area (Å²) in [5.41, 5.74) is 0. The average molecular weight is 217 g/mol. The largest absolute Gasteiger partial charge is 0.469 e. The monoisotopic (exact) mass is 217 g/mol. The minimum Gasteiger partial charge on any atom is -0.469 e. The lowest BCUT2D eigenvalue weighted by molar-refractivity contribution is -0.140. The fraction of sp³-hybridized carbons (Fsp3) is 0.909. The number of hydrogen-bond acceptors (Lipinski definition) is 4. The highest BCUT2D eigenvalue weighted by Crippen LogP contribution is 2.03. The van der Waals surface area contributed by atoms with Gasteiger partial charge in [0, 0.05) is 19.0 Å². The number of esters is 1. The number of nitrogens with zero attached hydrogens (tertiary/aromatic N) is 1. The Balaban J connectivity index is 3.81. The number of rotatable bonds is 7. The van der Waals surface area contributed by atoms with Crippen LogP contribution in [-0.2, 0) is 9.53 Å². The van der Waals surface area contributed by atoms with E-state index in [-0.39, 0.29) is 12.1 Å². The van der Waals surface area contributed by atoms with Gasteiger partial charge in [0.25, 0.3) is 0 Å². The van der Waals surface area contributed by atoms with Gasteiger partial charge in [-0.3, -0.25) is 9.69 Å². The Kier molecular flexibility index (Phi) is 7.34. The van der Waals surface area contributed by atoms with Crippen molar-refractivity contribution in [2.24, 2.45) is 0 Å². The SMILES string of the molecule is COC(=O)CCCN(CC(C)O)C(C)C. The molecule has 0 spiro atoms. The average Bonchev–Trinajstić information content (AvgIpc) is 2.15. The molecular weight excluding hydrogens is 194 g/mol. The Hall–Kier alpha value is -0.610. The van der Waals surface area contributed by atoms with Crippen molar-refractivity contribution < 1.29 is 14.6 Å². The van der Waals surface area contributed by atoms with Crippen molar-refractivity contribution in [3.8, 4) is 0 Å². The second kappa shape index (κ2) is 7.65. The van der Waals surface area contributed by atoms with Crippen LogP contribution in [0.1, 0.15) is 33.6 Å². The minimum absolute atomic E-state index is 0.171. The van der Waals surface area contributed by atoms with Gasteiger partial charge in [0.15, 0.2) is 0 Å². The van der Waals surface area contributed by atoms with Crippen molar-refractivity contribution >= 4 is 5.97 Å². The normalized spacial score (nSPS) is 13.3. The van der Waals surface area contributed by atoms with E-state index in [1.807, 2.05) is 0 Å². The molecule has 0 fully saturated rings. The smallest absolute Gasteiger partial charge is 0.305 e. The zero-order valence-electron chi connectivity index (χ0n) is 10.2. The molecule has 0 amide bonds. The van der Waals surface area contributed by atoms with Crippen molar-refractivity contribution in [1.29, 1.82) is 0 Å². The number of aliphatic hydroxyl groups excluding tert-OH is 1. The van der Waals surface area contributed by atoms with Gasteiger partial charge in [-0.05, 0) is 33.7 Å². The van der Waals surface area contributed by atoms with E-state index in [2.05, 4.69) is 23.5 Å². The second-order valence-corrected chi connectivity index (χ2v) is 4.12. The summed E-state index contributed by atoms with van der Waals surface area (Å²) in [6, 6.07) is 0.386. The Morgan fingerprint density at radius 3 is 2.40 bits per heavy atom. The highest BCUT2D eigenvalue weighted by molar-refractivity contribution is 5.69. The van der Waals surface area contributed by atoms with Crippen LogP contribution >= 0.6 is 0 Å². The third kappa shape index (κ3) is 7.33. The zero-order valence-corrected chi connectivity index (χ0v) is 10.2. The Bertz CT molecular complexity index is 181. The highest BCUT2D eigenvalue weighted by atomic mass is 16.5. The number of methoxy groups -OCH3 is 1. The first-order chi connectivity index (χ1) is 6.97. The maximum atomic E-state index is 10.9. The van der Waals surface area contributed by atoms with Gasteiger partial charge in [-0.1, -0.05) is 0 Å². The van der Waals surface area contributed by atoms with Crippen molar-refractivity contribution in [2.45, 2.75) is 45.8 Å². The fourth-order valence-electron chi connectivity index (χ4n) is 1.43. The van der Waals surface area contributed by atoms with E-state index >= 15 is 0 Å². The van der Waals surface area contributed by atoms with Crippen LogP contribution in [0.5, 0.6) is 0 Å². The number of carbonyl (C=O) groups excluding carboxylic acids is 1. The molecule has 0 rings (SSSR count). The molecule has 1 atom stereocenters. The molecule has 0 radical (unpaired) electrons. The van der Waals surface area contributed by atoms with Crippen molar-refractivity contribution in [3.63, 3.8) is 0 Å². The lowest BCUT2D eigenvalue weighted by Gasteiger charge is -2.27. The topological polar surface area (TPSA) is 49.8 Å². The molecule has 0 aliphatic heterocycles. The Morgan fingerprint density at radius 2 is 2.00 bits per heavy atom. The molecule has 0 saturated heterocycles. The van der Waals surface area contributed by atoms with E-state index in [9.17, 15) is 9.90 Å². The van der Waals surface area contributed by atoms with Gasteiger partial charge < -0.3 is 9.84 Å². The van der Waals surface area contributed by atoms with Crippen molar-refractivity contribution in [2.75, 3.05) is 20.2 Å². The maximum Gasteiger partial charge on any atom is 0.305 e. The highest BCUT2D eigenvalue weighted by Gasteiger charge is 2.12. The number of aliphatic hydroxyl groups is 1. The number of carbonyl (C=O) groups is 1. The van der Waals surface area contributed by atoms with Crippen molar-refractivity contribution in [3.05, 3.63) is 0 Å². The van der Waals surface area contributed by atoms with Gasteiger partial charge in [-0.15, -0.1) is 0 Å². The van der Waals surface area contributed by atoms with Crippen molar-refractivity contribution in [1.82, 2.24) is 4.90 Å². The van der Waals surface area contributed by atoms with Gasteiger partial charge in [0.1, 0.15) is 0 Å². The lowest BCUT2D eigenvalue weighted by Crippen LogP contribution is -2.37. The van der Waals surface area contributed by atoms with Crippen LogP contribution in [0.2, 0.25) is 0 Å². The van der Waals surface area contributed by atoms with E-state index in [0.717, 1.165) is 13.0 Å². The molecule has 0 aliphatic rings. The molecule has 4 nitrogen and oxygen atoms in total. The summed E-state index contributed by atoms with van der Waals surface area (Å²) in [5, 5.41) is 9.29. The first-order valence-corrected chi connectivity index (χ1v) is 5.46. The third-order valence-electron chi connectivity index (χ3n) is 2.28. The molecular formula is C11H23NO3. The van der Waals surface area contributed by atoms with Crippen LogP contribution in [0, 0.1) is 0 Å². The summed E-state index contributed by atoms with van der Waals surface area (Å²) in [7, 11) is 1.40. The molecule has 90 valence electrons. The van der Waals surface area contributed by atoms with Gasteiger partial charge in [0.05, 0.1) is 13.2 Å². The molecule has 0 bridgehead atoms.